The van der Waals surface area contributed by atoms with Gasteiger partial charge in [-0.05, 0) is 50.1 Å². The van der Waals surface area contributed by atoms with E-state index in [1.54, 1.807) is 6.07 Å². The molecule has 2 N–H and O–H groups in total. The molecule has 0 saturated heterocycles. The summed E-state index contributed by atoms with van der Waals surface area (Å²) >= 11 is 0. The van der Waals surface area contributed by atoms with Crippen molar-refractivity contribution in [2.75, 3.05) is 20.2 Å². The number of aromatic nitrogens is 3. The number of ether oxygens (including phenoxy) is 1. The number of methoxy groups -OCH3 is 1. The van der Waals surface area contributed by atoms with E-state index in [1.807, 2.05) is 48.7 Å². The maximum atomic E-state index is 14.0. The minimum atomic E-state index is -0.374. The van der Waals surface area contributed by atoms with E-state index in [-0.39, 0.29) is 17.6 Å². The molecule has 2 heterocycles. The van der Waals surface area contributed by atoms with E-state index in [1.165, 1.54) is 13.2 Å². The molecule has 0 aliphatic heterocycles. The Balaban J connectivity index is 1.58. The second-order valence-corrected chi connectivity index (χ2v) is 6.67. The predicted molar refractivity (Wildman–Crippen MR) is 112 cm³/mol. The largest absolute Gasteiger partial charge is 0.494 e. The summed E-state index contributed by atoms with van der Waals surface area (Å²) in [5.74, 6) is 1.49. The summed E-state index contributed by atoms with van der Waals surface area (Å²) in [4.78, 5) is 4.63. The van der Waals surface area contributed by atoms with Crippen LogP contribution in [-0.2, 0) is 6.42 Å². The molecule has 8 heteroatoms. The van der Waals surface area contributed by atoms with E-state index in [0.29, 0.717) is 12.5 Å². The van der Waals surface area contributed by atoms with Crippen LogP contribution in [0, 0.1) is 5.82 Å². The zero-order valence-electron chi connectivity index (χ0n) is 17.0. The highest BCUT2D eigenvalue weighted by Gasteiger charge is 2.11. The Labute approximate surface area is 170 Å². The van der Waals surface area contributed by atoms with Crippen LogP contribution in [0.1, 0.15) is 37.7 Å². The van der Waals surface area contributed by atoms with Crippen LogP contribution in [0.2, 0.25) is 0 Å². The van der Waals surface area contributed by atoms with Crippen LogP contribution in [-0.4, -0.2) is 40.8 Å². The third kappa shape index (κ3) is 5.22. The number of hydrogen-bond acceptors (Lipinski definition) is 4. The van der Waals surface area contributed by atoms with E-state index in [9.17, 15) is 4.39 Å². The fraction of sp³-hybridized carbons (Fsp3) is 0.381. The number of nitrogens with one attached hydrogen (secondary N) is 2. The average Bonchev–Trinajstić information content (AvgIpc) is 3.14. The van der Waals surface area contributed by atoms with Crippen LogP contribution in [0.5, 0.6) is 5.75 Å². The smallest absolute Gasteiger partial charge is 0.191 e. The van der Waals surface area contributed by atoms with Crippen molar-refractivity contribution < 1.29 is 9.13 Å². The van der Waals surface area contributed by atoms with Gasteiger partial charge in [-0.15, -0.1) is 10.2 Å². The van der Waals surface area contributed by atoms with Crippen LogP contribution in [0.4, 0.5) is 4.39 Å². The predicted octanol–water partition coefficient (Wildman–Crippen LogP) is 3.13. The van der Waals surface area contributed by atoms with Gasteiger partial charge < -0.3 is 15.4 Å². The summed E-state index contributed by atoms with van der Waals surface area (Å²) in [6.45, 7) is 5.36. The van der Waals surface area contributed by atoms with Gasteiger partial charge >= 0.3 is 0 Å². The summed E-state index contributed by atoms with van der Waals surface area (Å²) in [5.41, 5.74) is 1.67. The van der Waals surface area contributed by atoms with Crippen molar-refractivity contribution in [3.05, 3.63) is 59.8 Å². The van der Waals surface area contributed by atoms with Crippen molar-refractivity contribution in [3.63, 3.8) is 0 Å². The van der Waals surface area contributed by atoms with E-state index in [2.05, 4.69) is 25.8 Å². The molecule has 7 nitrogen and oxygen atoms in total. The van der Waals surface area contributed by atoms with E-state index >= 15 is 0 Å². The quantitative estimate of drug-likeness (QED) is 0.346. The van der Waals surface area contributed by atoms with Gasteiger partial charge in [-0.2, -0.15) is 0 Å². The Morgan fingerprint density at radius 3 is 2.90 bits per heavy atom. The van der Waals surface area contributed by atoms with Crippen molar-refractivity contribution >= 4 is 11.6 Å². The summed E-state index contributed by atoms with van der Waals surface area (Å²) in [6, 6.07) is 10.7. The first kappa shape index (κ1) is 20.6. The first-order valence-corrected chi connectivity index (χ1v) is 9.79. The Bertz CT molecular complexity index is 971. The zero-order chi connectivity index (χ0) is 20.6. The molecule has 0 aliphatic rings. The average molecular weight is 398 g/mol. The lowest BCUT2D eigenvalue weighted by molar-refractivity contribution is 0.386. The van der Waals surface area contributed by atoms with E-state index in [4.69, 9.17) is 4.74 Å². The maximum Gasteiger partial charge on any atom is 0.191 e. The van der Waals surface area contributed by atoms with Crippen molar-refractivity contribution in [2.24, 2.45) is 4.99 Å². The van der Waals surface area contributed by atoms with Gasteiger partial charge in [0.2, 0.25) is 0 Å². The molecular formula is C21H27FN6O. The van der Waals surface area contributed by atoms with Gasteiger partial charge in [0.1, 0.15) is 5.82 Å². The molecule has 29 heavy (non-hydrogen) atoms. The van der Waals surface area contributed by atoms with Gasteiger partial charge in [-0.3, -0.25) is 9.39 Å². The molecule has 0 saturated carbocycles. The van der Waals surface area contributed by atoms with Gasteiger partial charge in [0, 0.05) is 25.7 Å². The number of rotatable bonds is 8. The molecule has 154 valence electrons. The van der Waals surface area contributed by atoms with E-state index in [0.717, 1.165) is 36.4 Å². The highest BCUT2D eigenvalue weighted by molar-refractivity contribution is 5.80. The minimum absolute atomic E-state index is 0.103. The third-order valence-electron chi connectivity index (χ3n) is 4.59. The first-order chi connectivity index (χ1) is 14.1. The number of pyridine rings is 1. The SMILES string of the molecule is CCNC(=NCCCc1nnc2ccccn12)NC(C)c1ccc(OC)c(F)c1. The van der Waals surface area contributed by atoms with Crippen molar-refractivity contribution in [1.29, 1.82) is 0 Å². The third-order valence-corrected chi connectivity index (χ3v) is 4.59. The standard InChI is InChI=1S/C21H27FN6O/c1-4-23-21(25-15(2)16-10-11-18(29-3)17(22)14-16)24-12-7-9-20-27-26-19-8-5-6-13-28(19)20/h5-6,8,10-11,13-15H,4,7,9,12H2,1-3H3,(H2,23,24,25). The number of guanidine groups is 1. The molecular weight excluding hydrogens is 371 g/mol. The molecule has 0 radical (unpaired) electrons. The van der Waals surface area contributed by atoms with Crippen molar-refractivity contribution in [3.8, 4) is 5.75 Å². The Hall–Kier alpha value is -3.16. The highest BCUT2D eigenvalue weighted by atomic mass is 19.1. The number of aryl methyl sites for hydroxylation is 1. The Morgan fingerprint density at radius 1 is 1.28 bits per heavy atom. The summed E-state index contributed by atoms with van der Waals surface area (Å²) in [5, 5.41) is 15.0. The molecule has 1 aromatic carbocycles. The van der Waals surface area contributed by atoms with Gasteiger partial charge in [0.15, 0.2) is 23.2 Å². The number of aliphatic imine (C=N–C) groups is 1. The normalized spacial score (nSPS) is 12.8. The second kappa shape index (κ2) is 9.86. The lowest BCUT2D eigenvalue weighted by Gasteiger charge is -2.18. The molecule has 3 aromatic rings. The lowest BCUT2D eigenvalue weighted by Crippen LogP contribution is -2.38. The van der Waals surface area contributed by atoms with Gasteiger partial charge in [-0.1, -0.05) is 12.1 Å². The van der Waals surface area contributed by atoms with Gasteiger partial charge in [0.25, 0.3) is 0 Å². The number of fused-ring (bicyclic) bond motifs is 1. The summed E-state index contributed by atoms with van der Waals surface area (Å²) in [7, 11) is 1.46. The number of halogens is 1. The lowest BCUT2D eigenvalue weighted by atomic mass is 10.1. The number of benzene rings is 1. The fourth-order valence-corrected chi connectivity index (χ4v) is 3.05. The Morgan fingerprint density at radius 2 is 2.14 bits per heavy atom. The molecule has 1 unspecified atom stereocenters. The minimum Gasteiger partial charge on any atom is -0.494 e. The van der Waals surface area contributed by atoms with Crippen LogP contribution in [0.3, 0.4) is 0 Å². The molecule has 0 amide bonds. The monoisotopic (exact) mass is 398 g/mol. The maximum absolute atomic E-state index is 14.0. The second-order valence-electron chi connectivity index (χ2n) is 6.67. The van der Waals surface area contributed by atoms with Crippen molar-refractivity contribution in [2.45, 2.75) is 32.7 Å². The number of nitrogens with zero attached hydrogens (tertiary/aromatic N) is 4. The molecule has 0 fully saturated rings. The summed E-state index contributed by atoms with van der Waals surface area (Å²) < 4.78 is 21.0. The van der Waals surface area contributed by atoms with Crippen LogP contribution in [0.15, 0.2) is 47.6 Å². The number of hydrogen-bond donors (Lipinski definition) is 2. The highest BCUT2D eigenvalue weighted by Crippen LogP contribution is 2.21. The van der Waals surface area contributed by atoms with Crippen LogP contribution in [0.25, 0.3) is 5.65 Å². The van der Waals surface area contributed by atoms with Crippen molar-refractivity contribution in [1.82, 2.24) is 25.2 Å². The summed E-state index contributed by atoms with van der Waals surface area (Å²) in [6.07, 6.45) is 3.60. The molecule has 0 aliphatic carbocycles. The van der Waals surface area contributed by atoms with Crippen LogP contribution < -0.4 is 15.4 Å². The van der Waals surface area contributed by atoms with Crippen LogP contribution >= 0.6 is 0 Å². The molecule has 0 bridgehead atoms. The van der Waals surface area contributed by atoms with Gasteiger partial charge in [-0.25, -0.2) is 4.39 Å². The molecule has 3 rings (SSSR count). The first-order valence-electron chi connectivity index (χ1n) is 9.79. The fourth-order valence-electron chi connectivity index (χ4n) is 3.05. The molecule has 1 atom stereocenters. The zero-order valence-corrected chi connectivity index (χ0v) is 17.0. The topological polar surface area (TPSA) is 75.8 Å². The molecule has 0 spiro atoms. The van der Waals surface area contributed by atoms with Gasteiger partial charge in [0.05, 0.1) is 13.2 Å². The Kier molecular flexibility index (Phi) is 6.99. The molecule has 2 aromatic heterocycles. The van der Waals surface area contributed by atoms with E-state index < -0.39 is 0 Å².